The van der Waals surface area contributed by atoms with Crippen LogP contribution in [0.5, 0.6) is 5.75 Å². The van der Waals surface area contributed by atoms with Gasteiger partial charge in [0, 0.05) is 5.02 Å². The summed E-state index contributed by atoms with van der Waals surface area (Å²) in [7, 11) is 0. The minimum absolute atomic E-state index is 0.637. The predicted octanol–water partition coefficient (Wildman–Crippen LogP) is 3.75. The van der Waals surface area contributed by atoms with Crippen LogP contribution in [0.3, 0.4) is 0 Å². The third-order valence-corrected chi connectivity index (χ3v) is 3.65. The van der Waals surface area contributed by atoms with Crippen LogP contribution in [0.2, 0.25) is 5.02 Å². The van der Waals surface area contributed by atoms with Gasteiger partial charge in [0.25, 0.3) is 0 Å². The highest BCUT2D eigenvalue weighted by molar-refractivity contribution is 6.30. The standard InChI is InChI=1S/C16H15ClO2/c17-14-5-1-3-12(10-14)16(18)13-6-7-15-11(9-13)4-2-8-19-15/h1,3,5-7,9-10,16,18H,2,4,8H2. The summed E-state index contributed by atoms with van der Waals surface area (Å²) in [6.45, 7) is 0.781. The average Bonchev–Trinajstić information content (AvgIpc) is 2.46. The molecule has 0 aliphatic carbocycles. The van der Waals surface area contributed by atoms with Crippen LogP contribution in [-0.2, 0) is 6.42 Å². The molecule has 2 nitrogen and oxygen atoms in total. The van der Waals surface area contributed by atoms with Crippen molar-refractivity contribution in [2.24, 2.45) is 0 Å². The van der Waals surface area contributed by atoms with Crippen LogP contribution >= 0.6 is 11.6 Å². The summed E-state index contributed by atoms with van der Waals surface area (Å²) in [5, 5.41) is 11.1. The van der Waals surface area contributed by atoms with Gasteiger partial charge in [0.2, 0.25) is 0 Å². The molecular weight excluding hydrogens is 260 g/mol. The van der Waals surface area contributed by atoms with Gasteiger partial charge in [-0.2, -0.15) is 0 Å². The molecule has 1 heterocycles. The summed E-state index contributed by atoms with van der Waals surface area (Å²) in [5.41, 5.74) is 2.86. The van der Waals surface area contributed by atoms with E-state index in [4.69, 9.17) is 16.3 Å². The van der Waals surface area contributed by atoms with E-state index in [0.29, 0.717) is 5.02 Å². The fourth-order valence-corrected chi connectivity index (χ4v) is 2.62. The number of ether oxygens (including phenoxy) is 1. The minimum Gasteiger partial charge on any atom is -0.493 e. The van der Waals surface area contributed by atoms with Crippen LogP contribution in [0.1, 0.15) is 29.2 Å². The molecule has 3 rings (SSSR count). The third-order valence-electron chi connectivity index (χ3n) is 3.41. The van der Waals surface area contributed by atoms with Crippen LogP contribution in [0.15, 0.2) is 42.5 Å². The lowest BCUT2D eigenvalue weighted by molar-refractivity contribution is 0.219. The quantitative estimate of drug-likeness (QED) is 0.904. The number of hydrogen-bond acceptors (Lipinski definition) is 2. The molecule has 0 bridgehead atoms. The fraction of sp³-hybridized carbons (Fsp3) is 0.250. The molecule has 0 spiro atoms. The number of benzene rings is 2. The van der Waals surface area contributed by atoms with Crippen molar-refractivity contribution in [3.05, 3.63) is 64.2 Å². The fourth-order valence-electron chi connectivity index (χ4n) is 2.42. The van der Waals surface area contributed by atoms with Crippen molar-refractivity contribution in [1.82, 2.24) is 0 Å². The van der Waals surface area contributed by atoms with Gasteiger partial charge in [-0.25, -0.2) is 0 Å². The van der Waals surface area contributed by atoms with E-state index < -0.39 is 6.10 Å². The van der Waals surface area contributed by atoms with E-state index in [1.807, 2.05) is 30.3 Å². The Morgan fingerprint density at radius 3 is 2.79 bits per heavy atom. The number of aliphatic hydroxyl groups excluding tert-OH is 1. The second-order valence-electron chi connectivity index (χ2n) is 4.78. The number of fused-ring (bicyclic) bond motifs is 1. The molecule has 2 aromatic carbocycles. The molecule has 0 saturated carbocycles. The Morgan fingerprint density at radius 1 is 1.11 bits per heavy atom. The number of hydrogen-bond donors (Lipinski definition) is 1. The number of aliphatic hydroxyl groups is 1. The molecule has 98 valence electrons. The molecule has 3 heteroatoms. The van der Waals surface area contributed by atoms with Gasteiger partial charge in [0.1, 0.15) is 11.9 Å². The molecule has 2 aromatic rings. The maximum absolute atomic E-state index is 10.4. The van der Waals surface area contributed by atoms with Gasteiger partial charge in [0.15, 0.2) is 0 Å². The molecule has 0 amide bonds. The molecule has 19 heavy (non-hydrogen) atoms. The molecule has 0 aromatic heterocycles. The van der Waals surface area contributed by atoms with Crippen LogP contribution in [0.25, 0.3) is 0 Å². The average molecular weight is 275 g/mol. The summed E-state index contributed by atoms with van der Waals surface area (Å²) in [5.74, 6) is 0.938. The van der Waals surface area contributed by atoms with Crippen LogP contribution < -0.4 is 4.74 Å². The van der Waals surface area contributed by atoms with Crippen molar-refractivity contribution in [3.8, 4) is 5.75 Å². The molecule has 0 radical (unpaired) electrons. The van der Waals surface area contributed by atoms with Crippen LogP contribution in [0.4, 0.5) is 0 Å². The maximum Gasteiger partial charge on any atom is 0.122 e. The smallest absolute Gasteiger partial charge is 0.122 e. The zero-order chi connectivity index (χ0) is 13.2. The Kier molecular flexibility index (Phi) is 3.45. The normalized spacial score (nSPS) is 15.5. The molecule has 0 saturated heterocycles. The third kappa shape index (κ3) is 2.60. The topological polar surface area (TPSA) is 29.5 Å². The van der Waals surface area contributed by atoms with E-state index in [9.17, 15) is 5.11 Å². The summed E-state index contributed by atoms with van der Waals surface area (Å²) in [4.78, 5) is 0. The Labute approximate surface area is 117 Å². The van der Waals surface area contributed by atoms with E-state index in [-0.39, 0.29) is 0 Å². The summed E-state index contributed by atoms with van der Waals surface area (Å²) >= 11 is 5.96. The second kappa shape index (κ2) is 5.24. The Balaban J connectivity index is 1.93. The van der Waals surface area contributed by atoms with Crippen molar-refractivity contribution in [3.63, 3.8) is 0 Å². The van der Waals surface area contributed by atoms with Gasteiger partial charge in [-0.05, 0) is 53.8 Å². The van der Waals surface area contributed by atoms with E-state index >= 15 is 0 Å². The highest BCUT2D eigenvalue weighted by Gasteiger charge is 2.15. The van der Waals surface area contributed by atoms with Crippen molar-refractivity contribution >= 4 is 11.6 Å². The van der Waals surface area contributed by atoms with E-state index in [1.165, 1.54) is 5.56 Å². The van der Waals surface area contributed by atoms with E-state index in [0.717, 1.165) is 36.3 Å². The molecule has 1 N–H and O–H groups in total. The van der Waals surface area contributed by atoms with Crippen molar-refractivity contribution < 1.29 is 9.84 Å². The van der Waals surface area contributed by atoms with Crippen LogP contribution in [-0.4, -0.2) is 11.7 Å². The van der Waals surface area contributed by atoms with Gasteiger partial charge in [-0.1, -0.05) is 29.8 Å². The van der Waals surface area contributed by atoms with Crippen molar-refractivity contribution in [1.29, 1.82) is 0 Å². The Hall–Kier alpha value is -1.51. The molecular formula is C16H15ClO2. The maximum atomic E-state index is 10.4. The number of rotatable bonds is 2. The van der Waals surface area contributed by atoms with Gasteiger partial charge >= 0.3 is 0 Å². The van der Waals surface area contributed by atoms with Crippen molar-refractivity contribution in [2.75, 3.05) is 6.61 Å². The summed E-state index contributed by atoms with van der Waals surface area (Å²) in [6, 6.07) is 13.2. The second-order valence-corrected chi connectivity index (χ2v) is 5.21. The van der Waals surface area contributed by atoms with Gasteiger partial charge in [0.05, 0.1) is 6.61 Å². The molecule has 1 unspecified atom stereocenters. The molecule has 0 fully saturated rings. The molecule has 1 atom stereocenters. The minimum atomic E-state index is -0.647. The number of halogens is 1. The first kappa shape index (κ1) is 12.5. The predicted molar refractivity (Wildman–Crippen MR) is 75.8 cm³/mol. The lowest BCUT2D eigenvalue weighted by Gasteiger charge is -2.19. The molecule has 1 aliphatic heterocycles. The first-order valence-electron chi connectivity index (χ1n) is 6.43. The van der Waals surface area contributed by atoms with Crippen LogP contribution in [0, 0.1) is 0 Å². The Morgan fingerprint density at radius 2 is 1.95 bits per heavy atom. The largest absolute Gasteiger partial charge is 0.493 e. The zero-order valence-corrected chi connectivity index (χ0v) is 11.2. The lowest BCUT2D eigenvalue weighted by atomic mass is 9.97. The van der Waals surface area contributed by atoms with E-state index in [1.54, 1.807) is 12.1 Å². The van der Waals surface area contributed by atoms with Gasteiger partial charge < -0.3 is 9.84 Å². The van der Waals surface area contributed by atoms with Crippen molar-refractivity contribution in [2.45, 2.75) is 18.9 Å². The highest BCUT2D eigenvalue weighted by atomic mass is 35.5. The Bertz CT molecular complexity index is 595. The summed E-state index contributed by atoms with van der Waals surface area (Å²) in [6.07, 6.45) is 1.39. The van der Waals surface area contributed by atoms with Gasteiger partial charge in [-0.15, -0.1) is 0 Å². The first-order chi connectivity index (χ1) is 9.24. The summed E-state index contributed by atoms with van der Waals surface area (Å²) < 4.78 is 5.58. The highest BCUT2D eigenvalue weighted by Crippen LogP contribution is 2.30. The van der Waals surface area contributed by atoms with Gasteiger partial charge in [-0.3, -0.25) is 0 Å². The lowest BCUT2D eigenvalue weighted by Crippen LogP contribution is -2.09. The first-order valence-corrected chi connectivity index (χ1v) is 6.81. The SMILES string of the molecule is OC(c1cccc(Cl)c1)c1ccc2c(c1)CCCO2. The molecule has 1 aliphatic rings. The zero-order valence-electron chi connectivity index (χ0n) is 10.5. The number of aryl methyl sites for hydroxylation is 1. The van der Waals surface area contributed by atoms with E-state index in [2.05, 4.69) is 0 Å². The monoisotopic (exact) mass is 274 g/mol.